The van der Waals surface area contributed by atoms with E-state index in [9.17, 15) is 14.7 Å². The Balaban J connectivity index is 1.92. The first-order valence-electron chi connectivity index (χ1n) is 8.68. The summed E-state index contributed by atoms with van der Waals surface area (Å²) in [6.45, 7) is 1.14. The fourth-order valence-electron chi connectivity index (χ4n) is 3.85. The molecule has 1 saturated carbocycles. The normalized spacial score (nSPS) is 16.3. The molecule has 2 heterocycles. The summed E-state index contributed by atoms with van der Waals surface area (Å²) in [4.78, 5) is 25.1. The van der Waals surface area contributed by atoms with E-state index in [1.807, 2.05) is 24.3 Å². The molecule has 1 aromatic carbocycles. The quantitative estimate of drug-likeness (QED) is 0.881. The molecule has 1 fully saturated rings. The Morgan fingerprint density at radius 2 is 1.88 bits per heavy atom. The number of carboxylic acid groups (broad SMARTS) is 1. The average molecular weight is 355 g/mol. The molecule has 26 heavy (non-hydrogen) atoms. The fraction of sp³-hybridized carbons (Fsp3) is 0.368. The molecule has 2 aromatic rings. The highest BCUT2D eigenvalue weighted by Crippen LogP contribution is 2.48. The molecular weight excluding hydrogens is 334 g/mol. The lowest BCUT2D eigenvalue weighted by Crippen LogP contribution is -2.38. The van der Waals surface area contributed by atoms with Crippen LogP contribution in [-0.2, 0) is 13.1 Å². The summed E-state index contributed by atoms with van der Waals surface area (Å²) in [7, 11) is 1.61. The standard InChI is InChI=1S/C19H21N3O4/c1-26-13-6-4-11(5-7-13)15-16(18(20)23)14-10-21(19(24)25)8-9-22(14)17(15)12-2-3-12/h4-7,12H,2-3,8-10H2,1H3,(H2,20,23)(H,24,25). The zero-order valence-electron chi connectivity index (χ0n) is 14.6. The Bertz CT molecular complexity index is 881. The minimum Gasteiger partial charge on any atom is -0.497 e. The van der Waals surface area contributed by atoms with Crippen LogP contribution in [0.15, 0.2) is 24.3 Å². The highest BCUT2D eigenvalue weighted by Gasteiger charge is 2.38. The second-order valence-corrected chi connectivity index (χ2v) is 6.80. The van der Waals surface area contributed by atoms with E-state index >= 15 is 0 Å². The summed E-state index contributed by atoms with van der Waals surface area (Å²) in [6, 6.07) is 7.56. The smallest absolute Gasteiger partial charge is 0.407 e. The first-order chi connectivity index (χ1) is 12.5. The maximum atomic E-state index is 12.3. The van der Waals surface area contributed by atoms with Crippen LogP contribution in [0.5, 0.6) is 5.75 Å². The number of nitrogens with two attached hydrogens (primary N) is 1. The van der Waals surface area contributed by atoms with Gasteiger partial charge in [-0.05, 0) is 36.5 Å². The Morgan fingerprint density at radius 3 is 2.42 bits per heavy atom. The van der Waals surface area contributed by atoms with Crippen LogP contribution in [0.4, 0.5) is 4.79 Å². The first-order valence-corrected chi connectivity index (χ1v) is 8.68. The van der Waals surface area contributed by atoms with Crippen LogP contribution in [0.1, 0.15) is 40.5 Å². The molecule has 0 unspecified atom stereocenters. The number of carbonyl (C=O) groups is 2. The van der Waals surface area contributed by atoms with Gasteiger partial charge in [-0.2, -0.15) is 0 Å². The summed E-state index contributed by atoms with van der Waals surface area (Å²) in [5, 5.41) is 9.35. The first kappa shape index (κ1) is 16.5. The van der Waals surface area contributed by atoms with Gasteiger partial charge in [-0.3, -0.25) is 4.79 Å². The van der Waals surface area contributed by atoms with Crippen LogP contribution in [0.25, 0.3) is 11.1 Å². The highest BCUT2D eigenvalue weighted by atomic mass is 16.5. The average Bonchev–Trinajstić information content (AvgIpc) is 3.41. The molecule has 0 radical (unpaired) electrons. The van der Waals surface area contributed by atoms with Gasteiger partial charge in [-0.25, -0.2) is 4.79 Å². The molecule has 136 valence electrons. The zero-order chi connectivity index (χ0) is 18.4. The Hall–Kier alpha value is -2.96. The van der Waals surface area contributed by atoms with E-state index in [1.165, 1.54) is 4.90 Å². The number of nitrogens with zero attached hydrogens (tertiary/aromatic N) is 2. The molecule has 7 nitrogen and oxygen atoms in total. The van der Waals surface area contributed by atoms with Crippen molar-refractivity contribution in [3.05, 3.63) is 41.2 Å². The van der Waals surface area contributed by atoms with Gasteiger partial charge in [0.1, 0.15) is 5.75 Å². The van der Waals surface area contributed by atoms with Gasteiger partial charge >= 0.3 is 6.09 Å². The van der Waals surface area contributed by atoms with E-state index in [0.29, 0.717) is 30.3 Å². The van der Waals surface area contributed by atoms with Gasteiger partial charge in [0.2, 0.25) is 0 Å². The molecular formula is C19H21N3O4. The van der Waals surface area contributed by atoms with Gasteiger partial charge in [0.15, 0.2) is 0 Å². The topological polar surface area (TPSA) is 97.8 Å². The molecule has 0 spiro atoms. The number of hydrogen-bond donors (Lipinski definition) is 2. The zero-order valence-corrected chi connectivity index (χ0v) is 14.6. The van der Waals surface area contributed by atoms with Crippen molar-refractivity contribution in [2.24, 2.45) is 5.73 Å². The van der Waals surface area contributed by atoms with E-state index in [1.54, 1.807) is 7.11 Å². The van der Waals surface area contributed by atoms with Gasteiger partial charge in [0, 0.05) is 24.3 Å². The van der Waals surface area contributed by atoms with Crippen molar-refractivity contribution in [1.29, 1.82) is 0 Å². The van der Waals surface area contributed by atoms with Gasteiger partial charge in [0.05, 0.1) is 24.9 Å². The van der Waals surface area contributed by atoms with Gasteiger partial charge in [-0.15, -0.1) is 0 Å². The second-order valence-electron chi connectivity index (χ2n) is 6.80. The highest BCUT2D eigenvalue weighted by molar-refractivity contribution is 6.02. The van der Waals surface area contributed by atoms with E-state index in [4.69, 9.17) is 10.5 Å². The van der Waals surface area contributed by atoms with Crippen LogP contribution in [0, 0.1) is 0 Å². The van der Waals surface area contributed by atoms with Gasteiger partial charge < -0.3 is 25.0 Å². The van der Waals surface area contributed by atoms with Gasteiger partial charge in [-0.1, -0.05) is 12.1 Å². The summed E-state index contributed by atoms with van der Waals surface area (Å²) >= 11 is 0. The number of primary amides is 1. The molecule has 1 aliphatic heterocycles. The molecule has 0 atom stereocenters. The van der Waals surface area contributed by atoms with Crippen LogP contribution in [0.3, 0.4) is 0 Å². The minimum absolute atomic E-state index is 0.184. The lowest BCUT2D eigenvalue weighted by atomic mass is 9.97. The molecule has 2 amide bonds. The largest absolute Gasteiger partial charge is 0.497 e. The molecule has 1 aliphatic carbocycles. The van der Waals surface area contributed by atoms with Crippen molar-refractivity contribution in [1.82, 2.24) is 9.47 Å². The number of ether oxygens (including phenoxy) is 1. The summed E-state index contributed by atoms with van der Waals surface area (Å²) in [6.07, 6.45) is 1.17. The second kappa shape index (κ2) is 6.09. The van der Waals surface area contributed by atoms with Crippen LogP contribution in [0.2, 0.25) is 0 Å². The van der Waals surface area contributed by atoms with Crippen molar-refractivity contribution in [2.45, 2.75) is 31.8 Å². The lowest BCUT2D eigenvalue weighted by Gasteiger charge is -2.27. The Labute approximate surface area is 151 Å². The SMILES string of the molecule is COc1ccc(-c2c(C(N)=O)c3n(c2C2CC2)CCN(C(=O)O)C3)cc1. The molecule has 7 heteroatoms. The molecule has 0 saturated heterocycles. The number of aromatic nitrogens is 1. The number of amides is 2. The predicted molar refractivity (Wildman–Crippen MR) is 95.3 cm³/mol. The maximum absolute atomic E-state index is 12.3. The minimum atomic E-state index is -0.980. The number of benzene rings is 1. The fourth-order valence-corrected chi connectivity index (χ4v) is 3.85. The molecule has 1 aromatic heterocycles. The third-order valence-corrected chi connectivity index (χ3v) is 5.21. The van der Waals surface area contributed by atoms with Crippen molar-refractivity contribution in [2.75, 3.05) is 13.7 Å². The number of fused-ring (bicyclic) bond motifs is 1. The molecule has 2 aliphatic rings. The van der Waals surface area contributed by atoms with Crippen LogP contribution < -0.4 is 10.5 Å². The van der Waals surface area contributed by atoms with Crippen molar-refractivity contribution in [3.8, 4) is 16.9 Å². The number of hydrogen-bond acceptors (Lipinski definition) is 3. The van der Waals surface area contributed by atoms with Crippen LogP contribution >= 0.6 is 0 Å². The third-order valence-electron chi connectivity index (χ3n) is 5.21. The third kappa shape index (κ3) is 2.60. The molecule has 4 rings (SSSR count). The number of methoxy groups -OCH3 is 1. The summed E-state index contributed by atoms with van der Waals surface area (Å²) < 4.78 is 7.35. The van der Waals surface area contributed by atoms with Crippen molar-refractivity contribution in [3.63, 3.8) is 0 Å². The monoisotopic (exact) mass is 355 g/mol. The summed E-state index contributed by atoms with van der Waals surface area (Å²) in [5.41, 5.74) is 9.77. The van der Waals surface area contributed by atoms with Gasteiger partial charge in [0.25, 0.3) is 5.91 Å². The summed E-state index contributed by atoms with van der Waals surface area (Å²) in [5.74, 6) is 0.623. The maximum Gasteiger partial charge on any atom is 0.407 e. The van der Waals surface area contributed by atoms with E-state index in [-0.39, 0.29) is 6.54 Å². The van der Waals surface area contributed by atoms with E-state index in [0.717, 1.165) is 35.4 Å². The Morgan fingerprint density at radius 1 is 1.19 bits per heavy atom. The lowest BCUT2D eigenvalue weighted by molar-refractivity contribution is 0.0993. The molecule has 0 bridgehead atoms. The van der Waals surface area contributed by atoms with E-state index in [2.05, 4.69) is 4.57 Å². The van der Waals surface area contributed by atoms with Crippen molar-refractivity contribution < 1.29 is 19.4 Å². The number of rotatable bonds is 4. The van der Waals surface area contributed by atoms with Crippen molar-refractivity contribution >= 4 is 12.0 Å². The predicted octanol–water partition coefficient (Wildman–Crippen LogP) is 2.63. The van der Waals surface area contributed by atoms with E-state index < -0.39 is 12.0 Å². The number of carbonyl (C=O) groups excluding carboxylic acids is 1. The molecule has 3 N–H and O–H groups in total. The van der Waals surface area contributed by atoms with Crippen LogP contribution in [-0.4, -0.2) is 40.2 Å². The Kier molecular flexibility index (Phi) is 3.86.